The van der Waals surface area contributed by atoms with Gasteiger partial charge in [0.25, 0.3) is 0 Å². The third kappa shape index (κ3) is 2.83. The Morgan fingerprint density at radius 2 is 2.20 bits per heavy atom. The van der Waals surface area contributed by atoms with Crippen LogP contribution in [-0.4, -0.2) is 27.1 Å². The van der Waals surface area contributed by atoms with Crippen LogP contribution in [0, 0.1) is 11.8 Å². The summed E-state index contributed by atoms with van der Waals surface area (Å²) in [5, 5.41) is 0. The minimum Gasteiger partial charge on any atom is -0.495 e. The highest BCUT2D eigenvalue weighted by molar-refractivity contribution is 5.81. The summed E-state index contributed by atoms with van der Waals surface area (Å²) in [6.45, 7) is 0.330. The van der Waals surface area contributed by atoms with Crippen molar-refractivity contribution < 1.29 is 14.3 Å². The van der Waals surface area contributed by atoms with E-state index in [-0.39, 0.29) is 0 Å². The maximum atomic E-state index is 10.8. The normalized spacial score (nSPS) is 8.93. The summed E-state index contributed by atoms with van der Waals surface area (Å²) in [4.78, 5) is 10.8. The van der Waals surface area contributed by atoms with Crippen molar-refractivity contribution in [2.45, 2.75) is 0 Å². The molecule has 78 valence electrons. The van der Waals surface area contributed by atoms with Gasteiger partial charge in [-0.25, -0.2) is 0 Å². The smallest absolute Gasteiger partial charge is 0.151 e. The van der Waals surface area contributed by atoms with Crippen molar-refractivity contribution in [2.24, 2.45) is 0 Å². The van der Waals surface area contributed by atoms with E-state index in [2.05, 4.69) is 11.8 Å². The molecule has 0 aliphatic carbocycles. The molecule has 0 radical (unpaired) electrons. The molecule has 0 saturated carbocycles. The van der Waals surface area contributed by atoms with Crippen molar-refractivity contribution >= 4 is 6.29 Å². The fourth-order valence-electron chi connectivity index (χ4n) is 1.15. The lowest BCUT2D eigenvalue weighted by molar-refractivity contribution is 0.112. The zero-order chi connectivity index (χ0) is 11.1. The fourth-order valence-corrected chi connectivity index (χ4v) is 1.15. The van der Waals surface area contributed by atoms with Crippen LogP contribution < -0.4 is 4.74 Å². The molecular weight excluding hydrogens is 192 g/mol. The number of methoxy groups -OCH3 is 2. The van der Waals surface area contributed by atoms with Gasteiger partial charge in [-0.3, -0.25) is 4.79 Å². The highest BCUT2D eigenvalue weighted by Gasteiger charge is 2.04. The van der Waals surface area contributed by atoms with E-state index < -0.39 is 0 Å². The molecule has 0 fully saturated rings. The second-order valence-corrected chi connectivity index (χ2v) is 2.78. The number of ether oxygens (including phenoxy) is 2. The van der Waals surface area contributed by atoms with Crippen LogP contribution in [0.2, 0.25) is 0 Å². The molecule has 0 atom stereocenters. The van der Waals surface area contributed by atoms with Crippen LogP contribution >= 0.6 is 0 Å². The van der Waals surface area contributed by atoms with E-state index in [4.69, 9.17) is 9.47 Å². The molecule has 0 aliphatic heterocycles. The highest BCUT2D eigenvalue weighted by atomic mass is 16.5. The molecule has 0 spiro atoms. The van der Waals surface area contributed by atoms with Gasteiger partial charge in [-0.2, -0.15) is 0 Å². The molecular formula is C12H12O3. The molecule has 3 nitrogen and oxygen atoms in total. The molecule has 0 aromatic heterocycles. The summed E-state index contributed by atoms with van der Waals surface area (Å²) >= 11 is 0. The molecule has 3 heteroatoms. The molecule has 0 heterocycles. The zero-order valence-corrected chi connectivity index (χ0v) is 8.74. The van der Waals surface area contributed by atoms with Gasteiger partial charge in [0.05, 0.1) is 12.7 Å². The summed E-state index contributed by atoms with van der Waals surface area (Å²) < 4.78 is 9.92. The van der Waals surface area contributed by atoms with Crippen LogP contribution in [0.15, 0.2) is 18.2 Å². The summed E-state index contributed by atoms with van der Waals surface area (Å²) in [7, 11) is 3.11. The standard InChI is InChI=1S/C12H12O3/c1-14-8-4-6-11-10(9-13)5-3-7-12(11)15-2/h3,5,7,9H,8H2,1-2H3. The molecule has 0 bridgehead atoms. The second kappa shape index (κ2) is 5.84. The van der Waals surface area contributed by atoms with Crippen molar-refractivity contribution in [1.29, 1.82) is 0 Å². The van der Waals surface area contributed by atoms with Crippen molar-refractivity contribution in [3.8, 4) is 17.6 Å². The van der Waals surface area contributed by atoms with Gasteiger partial charge < -0.3 is 9.47 Å². The summed E-state index contributed by atoms with van der Waals surface area (Å²) in [6.07, 6.45) is 0.763. The van der Waals surface area contributed by atoms with Gasteiger partial charge in [-0.05, 0) is 6.07 Å². The molecule has 0 aliphatic rings. The first-order chi connectivity index (χ1) is 7.33. The van der Waals surface area contributed by atoms with Crippen LogP contribution in [0.3, 0.4) is 0 Å². The summed E-state index contributed by atoms with van der Waals surface area (Å²) in [5.74, 6) is 6.24. The Labute approximate surface area is 89.0 Å². The first-order valence-corrected chi connectivity index (χ1v) is 4.43. The number of benzene rings is 1. The number of hydrogen-bond acceptors (Lipinski definition) is 3. The van der Waals surface area contributed by atoms with Crippen molar-refractivity contribution in [3.63, 3.8) is 0 Å². The third-order valence-electron chi connectivity index (χ3n) is 1.84. The predicted octanol–water partition coefficient (Wildman–Crippen LogP) is 1.51. The molecule has 1 aromatic carbocycles. The van der Waals surface area contributed by atoms with Gasteiger partial charge >= 0.3 is 0 Å². The minimum atomic E-state index is 0.330. The number of carbonyl (C=O) groups excluding carboxylic acids is 1. The SMILES string of the molecule is COCC#Cc1c(C=O)cccc1OC. The van der Waals surface area contributed by atoms with Crippen molar-refractivity contribution in [2.75, 3.05) is 20.8 Å². The quantitative estimate of drug-likeness (QED) is 0.553. The maximum Gasteiger partial charge on any atom is 0.151 e. The topological polar surface area (TPSA) is 35.5 Å². The monoisotopic (exact) mass is 204 g/mol. The number of rotatable bonds is 3. The summed E-state index contributed by atoms with van der Waals surface area (Å²) in [6, 6.07) is 5.22. The van der Waals surface area contributed by atoms with Crippen molar-refractivity contribution in [3.05, 3.63) is 29.3 Å². The largest absolute Gasteiger partial charge is 0.495 e. The molecule has 1 rings (SSSR count). The highest BCUT2D eigenvalue weighted by Crippen LogP contribution is 2.19. The number of hydrogen-bond donors (Lipinski definition) is 0. The first-order valence-electron chi connectivity index (χ1n) is 4.43. The number of carbonyl (C=O) groups is 1. The van der Waals surface area contributed by atoms with E-state index in [1.165, 1.54) is 0 Å². The van der Waals surface area contributed by atoms with Crippen LogP contribution in [0.25, 0.3) is 0 Å². The van der Waals surface area contributed by atoms with Crippen molar-refractivity contribution in [1.82, 2.24) is 0 Å². The Morgan fingerprint density at radius 3 is 2.80 bits per heavy atom. The lowest BCUT2D eigenvalue weighted by Gasteiger charge is -2.04. The van der Waals surface area contributed by atoms with E-state index in [1.807, 2.05) is 0 Å². The molecule has 1 aromatic rings. The van der Waals surface area contributed by atoms with E-state index in [1.54, 1.807) is 32.4 Å². The molecule has 15 heavy (non-hydrogen) atoms. The Bertz CT molecular complexity index is 399. The molecule has 0 amide bonds. The Balaban J connectivity index is 3.12. The van der Waals surface area contributed by atoms with Crippen LogP contribution in [0.5, 0.6) is 5.75 Å². The second-order valence-electron chi connectivity index (χ2n) is 2.78. The summed E-state index contributed by atoms with van der Waals surface area (Å²) in [5.41, 5.74) is 1.13. The van der Waals surface area contributed by atoms with Crippen LogP contribution in [0.4, 0.5) is 0 Å². The van der Waals surface area contributed by atoms with Gasteiger partial charge in [-0.1, -0.05) is 24.0 Å². The Hall–Kier alpha value is -1.79. The maximum absolute atomic E-state index is 10.8. The van der Waals surface area contributed by atoms with E-state index >= 15 is 0 Å². The average molecular weight is 204 g/mol. The van der Waals surface area contributed by atoms with Gasteiger partial charge in [0.15, 0.2) is 6.29 Å². The van der Waals surface area contributed by atoms with E-state index in [9.17, 15) is 4.79 Å². The molecule has 0 N–H and O–H groups in total. The number of aldehydes is 1. The predicted molar refractivity (Wildman–Crippen MR) is 57.1 cm³/mol. The average Bonchev–Trinajstić information content (AvgIpc) is 2.29. The minimum absolute atomic E-state index is 0.330. The van der Waals surface area contributed by atoms with E-state index in [0.29, 0.717) is 23.5 Å². The van der Waals surface area contributed by atoms with Crippen LogP contribution in [-0.2, 0) is 4.74 Å². The van der Waals surface area contributed by atoms with Crippen LogP contribution in [0.1, 0.15) is 15.9 Å². The Kier molecular flexibility index (Phi) is 4.39. The molecule has 0 saturated heterocycles. The first kappa shape index (κ1) is 11.3. The van der Waals surface area contributed by atoms with E-state index in [0.717, 1.165) is 6.29 Å². The fraction of sp³-hybridized carbons (Fsp3) is 0.250. The van der Waals surface area contributed by atoms with Gasteiger partial charge in [-0.15, -0.1) is 0 Å². The third-order valence-corrected chi connectivity index (χ3v) is 1.84. The van der Waals surface area contributed by atoms with Gasteiger partial charge in [0, 0.05) is 12.7 Å². The van der Waals surface area contributed by atoms with Gasteiger partial charge in [0.2, 0.25) is 0 Å². The lowest BCUT2D eigenvalue weighted by Crippen LogP contribution is -1.93. The van der Waals surface area contributed by atoms with Gasteiger partial charge in [0.1, 0.15) is 12.4 Å². The zero-order valence-electron chi connectivity index (χ0n) is 8.74. The Morgan fingerprint density at radius 1 is 1.40 bits per heavy atom. The lowest BCUT2D eigenvalue weighted by atomic mass is 10.1. The molecule has 0 unspecified atom stereocenters.